The average Bonchev–Trinajstić information content (AvgIpc) is 3.42. The van der Waals surface area contributed by atoms with Gasteiger partial charge in [-0.05, 0) is 63.7 Å². The molecule has 276 valence electrons. The Morgan fingerprint density at radius 3 is 1.94 bits per heavy atom. The molecule has 12 heteroatoms. The Morgan fingerprint density at radius 1 is 0.917 bits per heavy atom. The monoisotopic (exact) mass is 679 g/mol. The normalized spacial score (nSPS) is 18.7. The van der Waals surface area contributed by atoms with Gasteiger partial charge in [-0.1, -0.05) is 81.2 Å². The maximum atomic E-state index is 14.2. The molecule has 6 atom stereocenters. The van der Waals surface area contributed by atoms with Crippen LogP contribution in [-0.4, -0.2) is 83.3 Å². The predicted octanol–water partition coefficient (Wildman–Crippen LogP) is 4.51. The maximum Gasteiger partial charge on any atom is 0.328 e. The van der Waals surface area contributed by atoms with Gasteiger partial charge in [0.25, 0.3) is 5.91 Å². The van der Waals surface area contributed by atoms with Gasteiger partial charge in [0.05, 0.1) is 6.04 Å². The van der Waals surface area contributed by atoms with Crippen LogP contribution in [0.1, 0.15) is 116 Å². The van der Waals surface area contributed by atoms with Crippen molar-refractivity contribution in [1.29, 1.82) is 0 Å². The van der Waals surface area contributed by atoms with Crippen molar-refractivity contribution in [2.45, 2.75) is 145 Å². The third-order valence-electron chi connectivity index (χ3n) is 7.96. The van der Waals surface area contributed by atoms with Crippen LogP contribution in [0, 0.1) is 23.2 Å². The molecule has 5 amide bonds. The first kappa shape index (κ1) is 44.6. The van der Waals surface area contributed by atoms with Gasteiger partial charge < -0.3 is 30.9 Å². The Bertz CT molecular complexity index is 1110. The standard InChI is InChI=1S/C33H57N5O7.C3H8/c1-13-15-34-28(41)25(39)23(16-20(5)14-2)36-27(40)24-17-22(19(3)4)18-38(24)29(42)26(32(7,8)9)37-31(44)35-21(6)30(43)45-33(10,11)12;1-3-2/h13,19-24,26H,1,14-18H2,2-12H3,(H,34,41)(H,36,40)(H2,35,37,44);3H2,1-2H3/t20?,21?,22-,23?,24?,26?;/m1./s1. The van der Waals surface area contributed by atoms with Crippen LogP contribution in [0.15, 0.2) is 12.7 Å². The van der Waals surface area contributed by atoms with Crippen molar-refractivity contribution in [3.05, 3.63) is 12.7 Å². The zero-order chi connectivity index (χ0) is 37.6. The summed E-state index contributed by atoms with van der Waals surface area (Å²) in [7, 11) is 0. The van der Waals surface area contributed by atoms with Gasteiger partial charge in [0.15, 0.2) is 0 Å². The van der Waals surface area contributed by atoms with Crippen LogP contribution < -0.4 is 21.3 Å². The lowest BCUT2D eigenvalue weighted by Gasteiger charge is -2.36. The maximum absolute atomic E-state index is 14.2. The third kappa shape index (κ3) is 15.2. The fraction of sp³-hybridized carbons (Fsp3) is 0.778. The highest BCUT2D eigenvalue weighted by atomic mass is 16.6. The number of Topliss-reactive ketones (excluding diaryl/α,β-unsaturated/α-hetero) is 1. The van der Waals surface area contributed by atoms with Gasteiger partial charge in [-0.2, -0.15) is 0 Å². The highest BCUT2D eigenvalue weighted by Crippen LogP contribution is 2.32. The molecule has 1 fully saturated rings. The Labute approximate surface area is 289 Å². The highest BCUT2D eigenvalue weighted by Gasteiger charge is 2.46. The molecule has 0 aromatic carbocycles. The Kier molecular flexibility index (Phi) is 18.7. The summed E-state index contributed by atoms with van der Waals surface area (Å²) in [6, 6.07) is -4.73. The number of esters is 1. The SMILES string of the molecule is C=CCNC(=O)C(=O)C(CC(C)CC)NC(=O)C1C[C@@H](C(C)C)CN1C(=O)C(NC(=O)NC(C)C(=O)OC(C)(C)C)C(C)(C)C.CCC. The zero-order valence-electron chi connectivity index (χ0n) is 31.9. The second kappa shape index (κ2) is 20.2. The summed E-state index contributed by atoms with van der Waals surface area (Å²) in [4.78, 5) is 80.5. The molecule has 5 unspecified atom stereocenters. The molecule has 0 radical (unpaired) electrons. The Hall–Kier alpha value is -3.44. The van der Waals surface area contributed by atoms with Crippen LogP contribution in [-0.2, 0) is 28.7 Å². The highest BCUT2D eigenvalue weighted by molar-refractivity contribution is 6.38. The molecule has 1 rings (SSSR count). The minimum absolute atomic E-state index is 0.00839. The van der Waals surface area contributed by atoms with Crippen LogP contribution in [0.3, 0.4) is 0 Å². The van der Waals surface area contributed by atoms with Crippen molar-refractivity contribution in [3.8, 4) is 0 Å². The first-order valence-corrected chi connectivity index (χ1v) is 17.4. The molecule has 48 heavy (non-hydrogen) atoms. The van der Waals surface area contributed by atoms with Crippen molar-refractivity contribution in [1.82, 2.24) is 26.2 Å². The molecule has 0 saturated carbocycles. The number of urea groups is 1. The molecule has 1 saturated heterocycles. The Balaban J connectivity index is 0.00000707. The number of carbonyl (C=O) groups is 6. The number of likely N-dealkylation sites (tertiary alicyclic amines) is 1. The molecule has 0 aliphatic carbocycles. The van der Waals surface area contributed by atoms with Gasteiger partial charge in [-0.3, -0.25) is 19.2 Å². The smallest absolute Gasteiger partial charge is 0.328 e. The summed E-state index contributed by atoms with van der Waals surface area (Å²) >= 11 is 0. The van der Waals surface area contributed by atoms with E-state index < -0.39 is 70.7 Å². The first-order valence-electron chi connectivity index (χ1n) is 17.4. The van der Waals surface area contributed by atoms with Gasteiger partial charge in [0.1, 0.15) is 23.7 Å². The Morgan fingerprint density at radius 2 is 1.48 bits per heavy atom. The molecular weight excluding hydrogens is 614 g/mol. The van der Waals surface area contributed by atoms with E-state index in [4.69, 9.17) is 4.74 Å². The molecule has 0 aromatic heterocycles. The van der Waals surface area contributed by atoms with E-state index in [1.54, 1.807) is 41.5 Å². The van der Waals surface area contributed by atoms with E-state index in [1.807, 2.05) is 27.7 Å². The number of ether oxygens (including phenoxy) is 1. The second-order valence-corrected chi connectivity index (χ2v) is 15.3. The number of carbonyl (C=O) groups excluding carboxylic acids is 6. The van der Waals surface area contributed by atoms with E-state index in [1.165, 1.54) is 24.3 Å². The summed E-state index contributed by atoms with van der Waals surface area (Å²) in [5.74, 6) is -2.98. The number of nitrogens with zero attached hydrogens (tertiary/aromatic N) is 1. The number of hydrogen-bond donors (Lipinski definition) is 4. The number of ketones is 1. The molecule has 1 aliphatic heterocycles. The summed E-state index contributed by atoms with van der Waals surface area (Å²) in [6.07, 6.45) is 4.07. The van der Waals surface area contributed by atoms with Crippen molar-refractivity contribution in [3.63, 3.8) is 0 Å². The first-order chi connectivity index (χ1) is 22.0. The fourth-order valence-corrected chi connectivity index (χ4v) is 4.96. The minimum Gasteiger partial charge on any atom is -0.458 e. The summed E-state index contributed by atoms with van der Waals surface area (Å²) in [5.41, 5.74) is -1.50. The number of hydrogen-bond acceptors (Lipinski definition) is 7. The van der Waals surface area contributed by atoms with Crippen LogP contribution >= 0.6 is 0 Å². The van der Waals surface area contributed by atoms with Gasteiger partial charge in [0.2, 0.25) is 17.6 Å². The van der Waals surface area contributed by atoms with Crippen molar-refractivity contribution in [2.75, 3.05) is 13.1 Å². The lowest BCUT2D eigenvalue weighted by Crippen LogP contribution is -2.61. The number of nitrogens with one attached hydrogen (secondary N) is 4. The van der Waals surface area contributed by atoms with E-state index >= 15 is 0 Å². The summed E-state index contributed by atoms with van der Waals surface area (Å²) < 4.78 is 5.34. The third-order valence-corrected chi connectivity index (χ3v) is 7.96. The number of amides is 5. The molecular formula is C36H65N5O7. The quantitative estimate of drug-likeness (QED) is 0.119. The zero-order valence-corrected chi connectivity index (χ0v) is 31.9. The van der Waals surface area contributed by atoms with Gasteiger partial charge >= 0.3 is 12.0 Å². The van der Waals surface area contributed by atoms with Gasteiger partial charge in [-0.15, -0.1) is 6.58 Å². The molecule has 0 aromatic rings. The van der Waals surface area contributed by atoms with Crippen molar-refractivity contribution < 1.29 is 33.5 Å². The van der Waals surface area contributed by atoms with Crippen LogP contribution in [0.2, 0.25) is 0 Å². The minimum atomic E-state index is -1.07. The predicted molar refractivity (Wildman–Crippen MR) is 189 cm³/mol. The second-order valence-electron chi connectivity index (χ2n) is 15.3. The molecule has 0 spiro atoms. The van der Waals surface area contributed by atoms with Gasteiger partial charge in [0, 0.05) is 13.1 Å². The molecule has 12 nitrogen and oxygen atoms in total. The summed E-state index contributed by atoms with van der Waals surface area (Å²) in [6.45, 7) is 28.1. The topological polar surface area (TPSA) is 163 Å². The van der Waals surface area contributed by atoms with Crippen LogP contribution in [0.25, 0.3) is 0 Å². The van der Waals surface area contributed by atoms with Crippen LogP contribution in [0.5, 0.6) is 0 Å². The van der Waals surface area contributed by atoms with E-state index in [9.17, 15) is 28.8 Å². The fourth-order valence-electron chi connectivity index (χ4n) is 4.96. The molecule has 0 bridgehead atoms. The molecule has 4 N–H and O–H groups in total. The van der Waals surface area contributed by atoms with E-state index in [-0.39, 0.29) is 37.3 Å². The van der Waals surface area contributed by atoms with Crippen molar-refractivity contribution in [2.24, 2.45) is 23.2 Å². The van der Waals surface area contributed by atoms with Crippen LogP contribution in [0.4, 0.5) is 4.79 Å². The lowest BCUT2D eigenvalue weighted by atomic mass is 9.85. The number of rotatable bonds is 14. The van der Waals surface area contributed by atoms with Gasteiger partial charge in [-0.25, -0.2) is 9.59 Å². The lowest BCUT2D eigenvalue weighted by molar-refractivity contribution is -0.156. The summed E-state index contributed by atoms with van der Waals surface area (Å²) in [5, 5.41) is 10.5. The van der Waals surface area contributed by atoms with Crippen molar-refractivity contribution >= 4 is 35.5 Å². The largest absolute Gasteiger partial charge is 0.458 e. The molecule has 1 aliphatic rings. The van der Waals surface area contributed by atoms with E-state index in [0.717, 1.165) is 6.42 Å². The van der Waals surface area contributed by atoms with E-state index in [2.05, 4.69) is 41.7 Å². The van der Waals surface area contributed by atoms with E-state index in [0.29, 0.717) is 6.42 Å². The average molecular weight is 680 g/mol. The molecule has 1 heterocycles.